The largest absolute Gasteiger partial charge is 0.374 e. The molecule has 0 bridgehead atoms. The van der Waals surface area contributed by atoms with Crippen molar-refractivity contribution >= 4 is 5.78 Å². The summed E-state index contributed by atoms with van der Waals surface area (Å²) in [6.45, 7) is 5.53. The predicted octanol–water partition coefficient (Wildman–Crippen LogP) is 2.81. The van der Waals surface area contributed by atoms with Crippen LogP contribution in [0.3, 0.4) is 0 Å². The van der Waals surface area contributed by atoms with Gasteiger partial charge in [-0.25, -0.2) is 0 Å². The van der Waals surface area contributed by atoms with Crippen molar-refractivity contribution in [1.29, 1.82) is 0 Å². The molecule has 2 heteroatoms. The Morgan fingerprint density at radius 2 is 1.88 bits per heavy atom. The smallest absolute Gasteiger partial charge is 0.135 e. The highest BCUT2D eigenvalue weighted by molar-refractivity contribution is 5.80. The van der Waals surface area contributed by atoms with E-state index in [1.54, 1.807) is 0 Å². The molecule has 0 aromatic heterocycles. The van der Waals surface area contributed by atoms with Gasteiger partial charge in [0.15, 0.2) is 0 Å². The van der Waals surface area contributed by atoms with E-state index in [-0.39, 0.29) is 5.60 Å². The Morgan fingerprint density at radius 3 is 2.69 bits per heavy atom. The summed E-state index contributed by atoms with van der Waals surface area (Å²) in [7, 11) is 0. The van der Waals surface area contributed by atoms with Crippen molar-refractivity contribution in [2.24, 2.45) is 23.7 Å². The Hall–Kier alpha value is -0.370. The third kappa shape index (κ3) is 1.32. The highest BCUT2D eigenvalue weighted by Crippen LogP contribution is 2.56. The van der Waals surface area contributed by atoms with Gasteiger partial charge in [0.2, 0.25) is 0 Å². The molecule has 2 nitrogen and oxygen atoms in total. The summed E-state index contributed by atoms with van der Waals surface area (Å²) in [5.74, 6) is 3.13. The number of hydrogen-bond donors (Lipinski definition) is 0. The second-order valence-corrected chi connectivity index (χ2v) is 6.26. The van der Waals surface area contributed by atoms with E-state index in [1.165, 1.54) is 12.8 Å². The first kappa shape index (κ1) is 10.8. The lowest BCUT2D eigenvalue weighted by Gasteiger charge is -2.51. The Morgan fingerprint density at radius 1 is 1.12 bits per heavy atom. The van der Waals surface area contributed by atoms with Crippen LogP contribution >= 0.6 is 0 Å². The normalized spacial score (nSPS) is 52.2. The van der Waals surface area contributed by atoms with Crippen molar-refractivity contribution in [3.8, 4) is 0 Å². The fourth-order valence-corrected chi connectivity index (χ4v) is 4.58. The van der Waals surface area contributed by atoms with Crippen molar-refractivity contribution in [1.82, 2.24) is 0 Å². The van der Waals surface area contributed by atoms with Crippen LogP contribution in [0.2, 0.25) is 0 Å². The second kappa shape index (κ2) is 3.56. The molecule has 0 unspecified atom stereocenters. The van der Waals surface area contributed by atoms with Crippen LogP contribution in [-0.4, -0.2) is 18.0 Å². The summed E-state index contributed by atoms with van der Waals surface area (Å²) < 4.78 is 6.18. The molecular weight excluding hydrogens is 200 g/mol. The topological polar surface area (TPSA) is 26.3 Å². The molecule has 1 heterocycles. The molecule has 3 fully saturated rings. The Labute approximate surface area is 97.7 Å². The Kier molecular flexibility index (Phi) is 2.39. The van der Waals surface area contributed by atoms with Crippen LogP contribution in [0.5, 0.6) is 0 Å². The number of Topliss-reactive ketones (excluding diaryl/α,β-unsaturated/α-hetero) is 1. The lowest BCUT2D eigenvalue weighted by atomic mass is 9.57. The van der Waals surface area contributed by atoms with Crippen molar-refractivity contribution in [3.63, 3.8) is 0 Å². The molecule has 0 radical (unpaired) electrons. The quantitative estimate of drug-likeness (QED) is 0.630. The molecule has 2 aliphatic carbocycles. The first-order chi connectivity index (χ1) is 7.63. The highest BCUT2D eigenvalue weighted by atomic mass is 16.5. The summed E-state index contributed by atoms with van der Waals surface area (Å²) in [6, 6.07) is 0. The van der Waals surface area contributed by atoms with Crippen molar-refractivity contribution in [3.05, 3.63) is 0 Å². The maximum Gasteiger partial charge on any atom is 0.135 e. The molecule has 0 N–H and O–H groups in total. The molecule has 1 aliphatic heterocycles. The van der Waals surface area contributed by atoms with Gasteiger partial charge in [-0.15, -0.1) is 0 Å². The summed E-state index contributed by atoms with van der Waals surface area (Å²) >= 11 is 0. The summed E-state index contributed by atoms with van der Waals surface area (Å²) in [4.78, 5) is 11.8. The van der Waals surface area contributed by atoms with Gasteiger partial charge in [-0.3, -0.25) is 4.79 Å². The van der Waals surface area contributed by atoms with Crippen molar-refractivity contribution in [2.75, 3.05) is 6.61 Å². The van der Waals surface area contributed by atoms with Gasteiger partial charge in [0.25, 0.3) is 0 Å². The Bertz CT molecular complexity index is 312. The standard InChI is InChI=1S/C14H22O2/c1-9-3-5-13-10(2)8-16-14(13)7-11(15)4-6-12(9)14/h9-10,12-13H,3-8H2,1-2H3/t9-,10+,12+,13+,14+/m1/s1. The minimum atomic E-state index is -0.0492. The van der Waals surface area contributed by atoms with E-state index >= 15 is 0 Å². The lowest BCUT2D eigenvalue weighted by molar-refractivity contribution is -0.152. The van der Waals surface area contributed by atoms with Crippen LogP contribution in [0.15, 0.2) is 0 Å². The van der Waals surface area contributed by atoms with Gasteiger partial charge < -0.3 is 4.74 Å². The maximum absolute atomic E-state index is 11.8. The molecule has 5 atom stereocenters. The monoisotopic (exact) mass is 222 g/mol. The molecule has 3 rings (SSSR count). The molecule has 0 aromatic carbocycles. The van der Waals surface area contributed by atoms with E-state index in [0.29, 0.717) is 30.0 Å². The fourth-order valence-electron chi connectivity index (χ4n) is 4.58. The average Bonchev–Trinajstić information content (AvgIpc) is 2.55. The number of rotatable bonds is 0. The zero-order valence-corrected chi connectivity index (χ0v) is 10.4. The van der Waals surface area contributed by atoms with Gasteiger partial charge in [-0.05, 0) is 42.9 Å². The van der Waals surface area contributed by atoms with Gasteiger partial charge in [-0.2, -0.15) is 0 Å². The van der Waals surface area contributed by atoms with E-state index in [0.717, 1.165) is 25.4 Å². The van der Waals surface area contributed by atoms with E-state index in [1.807, 2.05) is 0 Å². The maximum atomic E-state index is 11.8. The third-order valence-corrected chi connectivity index (χ3v) is 5.38. The van der Waals surface area contributed by atoms with Crippen LogP contribution in [0.25, 0.3) is 0 Å². The van der Waals surface area contributed by atoms with Gasteiger partial charge in [-0.1, -0.05) is 13.8 Å². The average molecular weight is 222 g/mol. The Balaban J connectivity index is 1.96. The molecule has 0 aromatic rings. The van der Waals surface area contributed by atoms with Gasteiger partial charge in [0, 0.05) is 12.8 Å². The van der Waals surface area contributed by atoms with Crippen LogP contribution in [0.4, 0.5) is 0 Å². The highest BCUT2D eigenvalue weighted by Gasteiger charge is 2.58. The number of ketones is 1. The van der Waals surface area contributed by atoms with Crippen LogP contribution in [0.1, 0.15) is 46.0 Å². The van der Waals surface area contributed by atoms with E-state index in [2.05, 4.69) is 13.8 Å². The SMILES string of the molecule is C[C@@H]1CC[C@H]2[C@@H](C)CO[C@]23CC(=O)CC[C@@H]13. The molecule has 2 saturated carbocycles. The summed E-state index contributed by atoms with van der Waals surface area (Å²) in [5, 5.41) is 0. The zero-order valence-electron chi connectivity index (χ0n) is 10.4. The second-order valence-electron chi connectivity index (χ2n) is 6.26. The predicted molar refractivity (Wildman–Crippen MR) is 62.1 cm³/mol. The molecule has 1 spiro atoms. The van der Waals surface area contributed by atoms with Crippen molar-refractivity contribution < 1.29 is 9.53 Å². The van der Waals surface area contributed by atoms with Crippen LogP contribution in [0, 0.1) is 23.7 Å². The molecule has 0 amide bonds. The van der Waals surface area contributed by atoms with Gasteiger partial charge in [0.1, 0.15) is 5.78 Å². The number of carbonyl (C=O) groups excluding carboxylic acids is 1. The molecular formula is C14H22O2. The summed E-state index contributed by atoms with van der Waals surface area (Å²) in [6.07, 6.45) is 5.17. The molecule has 1 saturated heterocycles. The van der Waals surface area contributed by atoms with Crippen LogP contribution < -0.4 is 0 Å². The fraction of sp³-hybridized carbons (Fsp3) is 0.929. The van der Waals surface area contributed by atoms with E-state index in [9.17, 15) is 4.79 Å². The third-order valence-electron chi connectivity index (χ3n) is 5.38. The molecule has 16 heavy (non-hydrogen) atoms. The summed E-state index contributed by atoms with van der Waals surface area (Å²) in [5.41, 5.74) is -0.0492. The van der Waals surface area contributed by atoms with Crippen molar-refractivity contribution in [2.45, 2.75) is 51.6 Å². The minimum absolute atomic E-state index is 0.0492. The van der Waals surface area contributed by atoms with E-state index < -0.39 is 0 Å². The van der Waals surface area contributed by atoms with Crippen LogP contribution in [-0.2, 0) is 9.53 Å². The van der Waals surface area contributed by atoms with E-state index in [4.69, 9.17) is 4.74 Å². The first-order valence-electron chi connectivity index (χ1n) is 6.79. The van der Waals surface area contributed by atoms with Gasteiger partial charge >= 0.3 is 0 Å². The van der Waals surface area contributed by atoms with Gasteiger partial charge in [0.05, 0.1) is 12.2 Å². The minimum Gasteiger partial charge on any atom is -0.374 e. The first-order valence-corrected chi connectivity index (χ1v) is 6.79. The number of ether oxygens (including phenoxy) is 1. The molecule has 90 valence electrons. The zero-order chi connectivity index (χ0) is 11.3. The number of carbonyl (C=O) groups is 1. The lowest BCUT2D eigenvalue weighted by Crippen LogP contribution is -2.53. The number of hydrogen-bond acceptors (Lipinski definition) is 2. The molecule has 3 aliphatic rings.